The van der Waals surface area contributed by atoms with E-state index in [2.05, 4.69) is 0 Å². The van der Waals surface area contributed by atoms with Crippen molar-refractivity contribution < 1.29 is 54.5 Å². The Labute approximate surface area is 242 Å². The predicted octanol–water partition coefficient (Wildman–Crippen LogP) is 8.27. The Balaban J connectivity index is 1.44. The van der Waals surface area contributed by atoms with Gasteiger partial charge in [0.25, 0.3) is 0 Å². The highest BCUT2D eigenvalue weighted by Gasteiger charge is 2.72. The van der Waals surface area contributed by atoms with E-state index in [0.29, 0.717) is 5.56 Å². The van der Waals surface area contributed by atoms with Crippen LogP contribution in [-0.4, -0.2) is 36.6 Å². The van der Waals surface area contributed by atoms with Crippen LogP contribution in [0.2, 0.25) is 0 Å². The van der Waals surface area contributed by atoms with Crippen LogP contribution in [0.4, 0.5) is 30.7 Å². The highest BCUT2D eigenvalue weighted by Crippen LogP contribution is 2.48. The molecule has 3 aromatic rings. The van der Waals surface area contributed by atoms with Crippen LogP contribution in [0.1, 0.15) is 45.5 Å². The normalized spacial score (nSPS) is 12.3. The zero-order valence-electron chi connectivity index (χ0n) is 23.0. The molecule has 0 N–H and O–H groups in total. The summed E-state index contributed by atoms with van der Waals surface area (Å²) in [6.45, 7) is 3.49. The van der Waals surface area contributed by atoms with Crippen LogP contribution in [0.5, 0.6) is 11.5 Å². The van der Waals surface area contributed by atoms with E-state index in [1.165, 1.54) is 48.6 Å². The second-order valence-corrected chi connectivity index (χ2v) is 9.65. The van der Waals surface area contributed by atoms with Crippen molar-refractivity contribution in [2.45, 2.75) is 51.3 Å². The number of aryl methyl sites for hydroxylation is 2. The average Bonchev–Trinajstić information content (AvgIpc) is 2.93. The minimum Gasteiger partial charge on any atom is -0.494 e. The van der Waals surface area contributed by atoms with Gasteiger partial charge in [0, 0.05) is 12.5 Å². The second kappa shape index (κ2) is 13.7. The summed E-state index contributed by atoms with van der Waals surface area (Å²) in [6, 6.07) is 17.3. The minimum absolute atomic E-state index is 0.0751. The number of esters is 2. The van der Waals surface area contributed by atoms with Gasteiger partial charge in [0.2, 0.25) is 0 Å². The molecule has 3 aromatic carbocycles. The van der Waals surface area contributed by atoms with E-state index in [9.17, 15) is 40.3 Å². The largest absolute Gasteiger partial charge is 0.494 e. The van der Waals surface area contributed by atoms with Gasteiger partial charge in [-0.25, -0.2) is 9.59 Å². The number of rotatable bonds is 12. The number of halogens is 7. The van der Waals surface area contributed by atoms with Crippen molar-refractivity contribution in [2.24, 2.45) is 0 Å². The molecule has 0 radical (unpaired) electrons. The lowest BCUT2D eigenvalue weighted by Gasteiger charge is -2.28. The molecule has 0 atom stereocenters. The summed E-state index contributed by atoms with van der Waals surface area (Å²) >= 11 is 0. The monoisotopic (exact) mass is 612 g/mol. The number of hydrogen-bond donors (Lipinski definition) is 0. The number of alkyl halides is 7. The van der Waals surface area contributed by atoms with Gasteiger partial charge in [-0.1, -0.05) is 41.5 Å². The Bertz CT molecular complexity index is 1410. The number of carbonyl (C=O) groups excluding carboxylic acids is 2. The van der Waals surface area contributed by atoms with Gasteiger partial charge in [0.15, 0.2) is 0 Å². The predicted molar refractivity (Wildman–Crippen MR) is 143 cm³/mol. The van der Waals surface area contributed by atoms with Crippen molar-refractivity contribution in [3.05, 3.63) is 101 Å². The third-order valence-electron chi connectivity index (χ3n) is 5.97. The smallest absolute Gasteiger partial charge is 0.459 e. The molecule has 3 rings (SSSR count). The Kier molecular flexibility index (Phi) is 10.6. The second-order valence-electron chi connectivity index (χ2n) is 9.65. The van der Waals surface area contributed by atoms with Gasteiger partial charge in [0.05, 0.1) is 12.2 Å². The highest BCUT2D eigenvalue weighted by molar-refractivity contribution is 5.91. The van der Waals surface area contributed by atoms with Crippen LogP contribution in [0.15, 0.2) is 72.8 Å². The van der Waals surface area contributed by atoms with Crippen molar-refractivity contribution in [2.75, 3.05) is 6.61 Å². The van der Waals surface area contributed by atoms with Crippen molar-refractivity contribution in [1.29, 1.82) is 0 Å². The maximum Gasteiger partial charge on any atom is 0.459 e. The number of carbonyl (C=O) groups is 2. The lowest BCUT2D eigenvalue weighted by molar-refractivity contribution is -0.355. The molecule has 5 nitrogen and oxygen atoms in total. The molecule has 0 unspecified atom stereocenters. The minimum atomic E-state index is -6.38. The summed E-state index contributed by atoms with van der Waals surface area (Å²) in [4.78, 5) is 24.5. The van der Waals surface area contributed by atoms with Crippen LogP contribution >= 0.6 is 0 Å². The van der Waals surface area contributed by atoms with Gasteiger partial charge in [-0.3, -0.25) is 0 Å². The molecular formula is C31H27F7O5. The van der Waals surface area contributed by atoms with Crippen molar-refractivity contribution in [3.8, 4) is 11.5 Å². The molecule has 0 saturated carbocycles. The first kappa shape index (κ1) is 33.2. The molecule has 0 heterocycles. The van der Waals surface area contributed by atoms with Crippen LogP contribution in [0.25, 0.3) is 6.08 Å². The maximum atomic E-state index is 13.3. The van der Waals surface area contributed by atoms with Crippen LogP contribution in [0.3, 0.4) is 0 Å². The molecule has 0 aliphatic rings. The molecule has 0 aliphatic heterocycles. The van der Waals surface area contributed by atoms with Gasteiger partial charge in [-0.15, -0.1) is 0 Å². The fourth-order valence-electron chi connectivity index (χ4n) is 3.87. The van der Waals surface area contributed by atoms with Crippen molar-refractivity contribution >= 4 is 18.0 Å². The maximum absolute atomic E-state index is 13.3. The van der Waals surface area contributed by atoms with E-state index in [4.69, 9.17) is 14.2 Å². The Hall–Kier alpha value is -4.35. The van der Waals surface area contributed by atoms with Gasteiger partial charge in [-0.2, -0.15) is 30.7 Å². The number of hydrogen-bond acceptors (Lipinski definition) is 5. The standard InChI is InChI=1S/C31H27F7O5/c1-20-16-21(2)18-23(17-20)19-42-27(39)13-6-22-4-9-26(10-5-22)43-28(40)24-7-11-25(12-8-24)41-15-3-14-29(32,33)30(34,35)31(36,37)38/h4-13,16-18H,3,14-15,19H2,1-2H3/b13-6+. The van der Waals surface area contributed by atoms with Gasteiger partial charge in [0.1, 0.15) is 18.1 Å². The first-order chi connectivity index (χ1) is 20.1. The lowest BCUT2D eigenvalue weighted by atomic mass is 10.1. The first-order valence-electron chi connectivity index (χ1n) is 12.9. The Morgan fingerprint density at radius 3 is 1.95 bits per heavy atom. The third-order valence-corrected chi connectivity index (χ3v) is 5.97. The molecule has 43 heavy (non-hydrogen) atoms. The summed E-state index contributed by atoms with van der Waals surface area (Å²) in [5.41, 5.74) is 3.76. The third kappa shape index (κ3) is 9.32. The molecule has 0 fully saturated rings. The van der Waals surface area contributed by atoms with E-state index >= 15 is 0 Å². The summed E-state index contributed by atoms with van der Waals surface area (Å²) < 4.78 is 105. The zero-order chi connectivity index (χ0) is 31.8. The van der Waals surface area contributed by atoms with Crippen LogP contribution in [-0.2, 0) is 16.1 Å². The zero-order valence-corrected chi connectivity index (χ0v) is 23.0. The molecule has 0 bridgehead atoms. The Morgan fingerprint density at radius 1 is 0.791 bits per heavy atom. The fraction of sp³-hybridized carbons (Fsp3) is 0.290. The molecule has 0 aromatic heterocycles. The lowest BCUT2D eigenvalue weighted by Crippen LogP contribution is -2.51. The van der Waals surface area contributed by atoms with E-state index in [-0.39, 0.29) is 23.7 Å². The molecule has 12 heteroatoms. The molecule has 0 spiro atoms. The molecule has 0 amide bonds. The van der Waals surface area contributed by atoms with Crippen LogP contribution in [0, 0.1) is 13.8 Å². The van der Waals surface area contributed by atoms with Gasteiger partial charge in [-0.05, 0) is 73.9 Å². The molecule has 0 saturated heterocycles. The summed E-state index contributed by atoms with van der Waals surface area (Å²) in [6.07, 6.45) is -6.08. The number of benzene rings is 3. The van der Waals surface area contributed by atoms with Crippen molar-refractivity contribution in [1.82, 2.24) is 0 Å². The van der Waals surface area contributed by atoms with E-state index < -0.39 is 49.4 Å². The number of ether oxygens (including phenoxy) is 3. The van der Waals surface area contributed by atoms with Gasteiger partial charge >= 0.3 is 30.0 Å². The average molecular weight is 613 g/mol. The topological polar surface area (TPSA) is 61.8 Å². The Morgan fingerprint density at radius 2 is 1.37 bits per heavy atom. The van der Waals surface area contributed by atoms with Crippen LogP contribution < -0.4 is 9.47 Å². The summed E-state index contributed by atoms with van der Waals surface area (Å²) in [7, 11) is 0. The molecule has 230 valence electrons. The van der Waals surface area contributed by atoms with E-state index in [1.807, 2.05) is 32.0 Å². The summed E-state index contributed by atoms with van der Waals surface area (Å²) in [5.74, 6) is -12.4. The van der Waals surface area contributed by atoms with Gasteiger partial charge < -0.3 is 14.2 Å². The summed E-state index contributed by atoms with van der Waals surface area (Å²) in [5, 5.41) is 0. The molecular weight excluding hydrogens is 585 g/mol. The van der Waals surface area contributed by atoms with Crippen molar-refractivity contribution in [3.63, 3.8) is 0 Å². The fourth-order valence-corrected chi connectivity index (χ4v) is 3.87. The quantitative estimate of drug-likeness (QED) is 0.0678. The first-order valence-corrected chi connectivity index (χ1v) is 12.9. The SMILES string of the molecule is Cc1cc(C)cc(COC(=O)/C=C/c2ccc(OC(=O)c3ccc(OCCCC(F)(F)C(F)(F)C(F)(F)F)cc3)cc2)c1. The van der Waals surface area contributed by atoms with E-state index in [0.717, 1.165) is 16.7 Å². The molecule has 0 aliphatic carbocycles. The highest BCUT2D eigenvalue weighted by atomic mass is 19.4. The van der Waals surface area contributed by atoms with E-state index in [1.54, 1.807) is 12.1 Å².